The molecular weight excluding hydrogens is 243 g/mol. The van der Waals surface area contributed by atoms with E-state index in [2.05, 4.69) is 32.8 Å². The largest absolute Gasteiger partial charge is 0.514 e. The van der Waals surface area contributed by atoms with Crippen LogP contribution in [0.2, 0.25) is 0 Å². The van der Waals surface area contributed by atoms with Crippen LogP contribution in [0.1, 0.15) is 40.2 Å². The van der Waals surface area contributed by atoms with Gasteiger partial charge in [0.15, 0.2) is 0 Å². The van der Waals surface area contributed by atoms with Crippen LogP contribution in [-0.4, -0.2) is 41.3 Å². The van der Waals surface area contributed by atoms with Crippen molar-refractivity contribution in [2.45, 2.75) is 51.4 Å². The Bertz CT molecular complexity index is 450. The first-order valence-electron chi connectivity index (χ1n) is 6.87. The van der Waals surface area contributed by atoms with Crippen molar-refractivity contribution in [1.82, 2.24) is 9.78 Å². The van der Waals surface area contributed by atoms with Gasteiger partial charge in [0.05, 0.1) is 29.4 Å². The molecule has 0 radical (unpaired) electrons. The summed E-state index contributed by atoms with van der Waals surface area (Å²) in [6.07, 6.45) is 2.80. The monoisotopic (exact) mass is 264 g/mol. The van der Waals surface area contributed by atoms with E-state index in [9.17, 15) is 0 Å². The van der Waals surface area contributed by atoms with Gasteiger partial charge < -0.3 is 14.0 Å². The summed E-state index contributed by atoms with van der Waals surface area (Å²) in [5.41, 5.74) is 0.340. The molecule has 1 aromatic rings. The van der Waals surface area contributed by atoms with Crippen molar-refractivity contribution in [2.75, 3.05) is 13.2 Å². The van der Waals surface area contributed by atoms with E-state index in [4.69, 9.17) is 14.0 Å². The van der Waals surface area contributed by atoms with Gasteiger partial charge in [0.25, 0.3) is 0 Å². The lowest BCUT2D eigenvalue weighted by Gasteiger charge is -2.32. The Hall–Kier alpha value is -0.845. The molecule has 19 heavy (non-hydrogen) atoms. The normalized spacial score (nSPS) is 29.1. The van der Waals surface area contributed by atoms with E-state index in [1.54, 1.807) is 6.20 Å². The highest BCUT2D eigenvalue weighted by Gasteiger charge is 2.53. The van der Waals surface area contributed by atoms with Crippen molar-refractivity contribution >= 4 is 12.7 Å². The van der Waals surface area contributed by atoms with Crippen LogP contribution < -0.4 is 5.59 Å². The molecule has 0 N–H and O–H groups in total. The van der Waals surface area contributed by atoms with Crippen LogP contribution in [0.25, 0.3) is 0 Å². The second kappa shape index (κ2) is 4.33. The molecule has 5 nitrogen and oxygen atoms in total. The highest BCUT2D eigenvalue weighted by molar-refractivity contribution is 6.61. The minimum atomic E-state index is -0.354. The first kappa shape index (κ1) is 13.2. The minimum Gasteiger partial charge on any atom is -0.398 e. The molecule has 3 rings (SSSR count). The quantitative estimate of drug-likeness (QED) is 0.751. The van der Waals surface area contributed by atoms with Crippen LogP contribution in [-0.2, 0) is 14.0 Å². The van der Waals surface area contributed by atoms with E-state index in [0.29, 0.717) is 12.6 Å². The van der Waals surface area contributed by atoms with Gasteiger partial charge in [-0.1, -0.05) is 0 Å². The van der Waals surface area contributed by atoms with Gasteiger partial charge in [-0.25, -0.2) is 0 Å². The molecule has 0 amide bonds. The number of hydrogen-bond donors (Lipinski definition) is 0. The fourth-order valence-corrected chi connectivity index (χ4v) is 2.49. The maximum atomic E-state index is 6.08. The number of hydrogen-bond acceptors (Lipinski definition) is 4. The zero-order valence-corrected chi connectivity index (χ0v) is 12.0. The molecule has 0 spiro atoms. The predicted molar refractivity (Wildman–Crippen MR) is 72.4 cm³/mol. The van der Waals surface area contributed by atoms with E-state index in [0.717, 1.165) is 18.6 Å². The summed E-state index contributed by atoms with van der Waals surface area (Å²) in [5.74, 6) is 0. The second-order valence-electron chi connectivity index (χ2n) is 6.31. The van der Waals surface area contributed by atoms with Crippen molar-refractivity contribution in [3.05, 3.63) is 12.3 Å². The number of ether oxygens (including phenoxy) is 1. The van der Waals surface area contributed by atoms with E-state index < -0.39 is 0 Å². The van der Waals surface area contributed by atoms with Gasteiger partial charge >= 0.3 is 7.12 Å². The summed E-state index contributed by atoms with van der Waals surface area (Å²) >= 11 is 0. The van der Waals surface area contributed by atoms with Crippen molar-refractivity contribution < 1.29 is 14.0 Å². The minimum absolute atomic E-state index is 0.295. The van der Waals surface area contributed by atoms with E-state index in [-0.39, 0.29) is 18.3 Å². The molecule has 1 aromatic heterocycles. The van der Waals surface area contributed by atoms with Gasteiger partial charge in [-0.15, -0.1) is 0 Å². The number of aromatic nitrogens is 2. The van der Waals surface area contributed by atoms with Crippen molar-refractivity contribution in [3.8, 4) is 0 Å². The zero-order chi connectivity index (χ0) is 13.7. The molecule has 2 fully saturated rings. The molecule has 0 bridgehead atoms. The SMILES string of the molecule is CC1(C)OB(c2ccnn2C2CCOC2)OC1(C)C. The average Bonchev–Trinajstić information content (AvgIpc) is 3.00. The van der Waals surface area contributed by atoms with E-state index in [1.807, 2.05) is 10.7 Å². The van der Waals surface area contributed by atoms with Crippen LogP contribution in [0.4, 0.5) is 0 Å². The average molecular weight is 264 g/mol. The lowest BCUT2D eigenvalue weighted by atomic mass is 9.84. The maximum Gasteiger partial charge on any atom is 0.514 e. The molecule has 0 saturated carbocycles. The summed E-state index contributed by atoms with van der Waals surface area (Å²) in [7, 11) is -0.354. The smallest absolute Gasteiger partial charge is 0.398 e. The van der Waals surface area contributed by atoms with Gasteiger partial charge in [-0.2, -0.15) is 5.10 Å². The van der Waals surface area contributed by atoms with Gasteiger partial charge in [0, 0.05) is 12.8 Å². The second-order valence-corrected chi connectivity index (χ2v) is 6.31. The summed E-state index contributed by atoms with van der Waals surface area (Å²) in [5, 5.41) is 4.41. The number of rotatable bonds is 2. The Balaban J connectivity index is 1.86. The Morgan fingerprint density at radius 2 is 1.95 bits per heavy atom. The predicted octanol–water partition coefficient (Wildman–Crippen LogP) is 1.14. The molecule has 0 aromatic carbocycles. The Kier molecular flexibility index (Phi) is 3.00. The van der Waals surface area contributed by atoms with Crippen molar-refractivity contribution in [1.29, 1.82) is 0 Å². The Morgan fingerprint density at radius 3 is 2.53 bits per heavy atom. The van der Waals surface area contributed by atoms with Crippen LogP contribution in [0.15, 0.2) is 12.3 Å². The fourth-order valence-electron chi connectivity index (χ4n) is 2.49. The first-order chi connectivity index (χ1) is 8.91. The Labute approximate surface area is 114 Å². The third-order valence-corrected chi connectivity index (χ3v) is 4.45. The maximum absolute atomic E-state index is 6.08. The molecule has 3 heterocycles. The van der Waals surface area contributed by atoms with Gasteiger partial charge in [-0.05, 0) is 40.2 Å². The summed E-state index contributed by atoms with van der Waals surface area (Å²) < 4.78 is 19.6. The highest BCUT2D eigenvalue weighted by Crippen LogP contribution is 2.36. The van der Waals surface area contributed by atoms with Crippen LogP contribution >= 0.6 is 0 Å². The van der Waals surface area contributed by atoms with Crippen LogP contribution in [0.3, 0.4) is 0 Å². The van der Waals surface area contributed by atoms with E-state index >= 15 is 0 Å². The third kappa shape index (κ3) is 2.12. The molecule has 6 heteroatoms. The fraction of sp³-hybridized carbons (Fsp3) is 0.769. The van der Waals surface area contributed by atoms with Crippen molar-refractivity contribution in [2.24, 2.45) is 0 Å². The summed E-state index contributed by atoms with van der Waals surface area (Å²) in [6, 6.07) is 2.27. The first-order valence-corrected chi connectivity index (χ1v) is 6.87. The van der Waals surface area contributed by atoms with E-state index in [1.165, 1.54) is 0 Å². The lowest BCUT2D eigenvalue weighted by Crippen LogP contribution is -2.41. The third-order valence-electron chi connectivity index (χ3n) is 4.45. The highest BCUT2D eigenvalue weighted by atomic mass is 16.7. The standard InChI is InChI=1S/C13H21BN2O3/c1-12(2)13(3,4)19-14(18-12)11-5-7-15-16(11)10-6-8-17-9-10/h5,7,10H,6,8-9H2,1-4H3. The van der Waals surface area contributed by atoms with Crippen LogP contribution in [0.5, 0.6) is 0 Å². The van der Waals surface area contributed by atoms with Gasteiger partial charge in [0.2, 0.25) is 0 Å². The Morgan fingerprint density at radius 1 is 1.26 bits per heavy atom. The molecule has 2 aliphatic rings. The summed E-state index contributed by atoms with van der Waals surface area (Å²) in [4.78, 5) is 0. The molecular formula is C13H21BN2O3. The molecule has 2 aliphatic heterocycles. The van der Waals surface area contributed by atoms with Gasteiger partial charge in [-0.3, -0.25) is 4.68 Å². The summed E-state index contributed by atoms with van der Waals surface area (Å²) in [6.45, 7) is 9.76. The topological polar surface area (TPSA) is 45.5 Å². The molecule has 1 unspecified atom stereocenters. The molecule has 104 valence electrons. The molecule has 1 atom stereocenters. The molecule has 2 saturated heterocycles. The zero-order valence-electron chi connectivity index (χ0n) is 12.0. The lowest BCUT2D eigenvalue weighted by molar-refractivity contribution is 0.00578. The van der Waals surface area contributed by atoms with Crippen LogP contribution in [0, 0.1) is 0 Å². The molecule has 0 aliphatic carbocycles. The van der Waals surface area contributed by atoms with Gasteiger partial charge in [0.1, 0.15) is 0 Å². The van der Waals surface area contributed by atoms with Crippen molar-refractivity contribution in [3.63, 3.8) is 0 Å². The number of nitrogens with zero attached hydrogens (tertiary/aromatic N) is 2.